The van der Waals surface area contributed by atoms with E-state index >= 15 is 0 Å². The summed E-state index contributed by atoms with van der Waals surface area (Å²) in [5.74, 6) is -0.497. The lowest BCUT2D eigenvalue weighted by atomic mass is 9.67. The number of Topliss-reactive ketones (excluding diaryl/α,β-unsaturated/α-hetero) is 1. The van der Waals surface area contributed by atoms with E-state index in [0.717, 1.165) is 0 Å². The summed E-state index contributed by atoms with van der Waals surface area (Å²) < 4.78 is 20.1. The number of amides is 1. The molecule has 3 aliphatic rings. The number of carbonyl (C=O) groups is 2. The Labute approximate surface area is 177 Å². The second-order valence-corrected chi connectivity index (χ2v) is 8.45. The Morgan fingerprint density at radius 2 is 2.03 bits per heavy atom. The second-order valence-electron chi connectivity index (χ2n) is 8.01. The summed E-state index contributed by atoms with van der Waals surface area (Å²) in [5, 5.41) is 0.269. The molecule has 5 rings (SSSR count). The van der Waals surface area contributed by atoms with Crippen molar-refractivity contribution in [2.24, 2.45) is 16.6 Å². The number of ketones is 1. The molecule has 8 heteroatoms. The molecule has 1 saturated carbocycles. The van der Waals surface area contributed by atoms with E-state index in [9.17, 15) is 14.0 Å². The standard InChI is InChI=1S/C22H19ClFN3O3/c1-27-20(29)22(26-21(27)25)16-8-11(12-6-13(23)9-14(24)7-12)2-4-18(16)30-19-5-3-15(28)10-17(19)22/h2,4,6-9,17,19H,3,5,10H2,1H3,(H2,25,26)/t17-,19-,22?/m0/s1. The molecule has 6 nitrogen and oxygen atoms in total. The zero-order valence-corrected chi connectivity index (χ0v) is 16.9. The van der Waals surface area contributed by atoms with Gasteiger partial charge in [-0.15, -0.1) is 0 Å². The predicted molar refractivity (Wildman–Crippen MR) is 110 cm³/mol. The van der Waals surface area contributed by atoms with Gasteiger partial charge in [-0.2, -0.15) is 0 Å². The van der Waals surface area contributed by atoms with Crippen LogP contribution in [0.1, 0.15) is 24.8 Å². The quantitative estimate of drug-likeness (QED) is 0.757. The van der Waals surface area contributed by atoms with Crippen molar-refractivity contribution in [1.82, 2.24) is 4.90 Å². The predicted octanol–water partition coefficient (Wildman–Crippen LogP) is 3.26. The summed E-state index contributed by atoms with van der Waals surface area (Å²) in [7, 11) is 1.57. The molecule has 1 aliphatic carbocycles. The number of rotatable bonds is 1. The molecule has 2 N–H and O–H groups in total. The highest BCUT2D eigenvalue weighted by atomic mass is 35.5. The van der Waals surface area contributed by atoms with E-state index in [0.29, 0.717) is 35.3 Å². The first kappa shape index (κ1) is 19.1. The van der Waals surface area contributed by atoms with Gasteiger partial charge in [0.2, 0.25) is 0 Å². The van der Waals surface area contributed by atoms with Gasteiger partial charge in [0.1, 0.15) is 23.5 Å². The van der Waals surface area contributed by atoms with Crippen molar-refractivity contribution in [3.8, 4) is 16.9 Å². The summed E-state index contributed by atoms with van der Waals surface area (Å²) in [5.41, 5.74) is 6.47. The van der Waals surface area contributed by atoms with Crippen molar-refractivity contribution in [2.75, 3.05) is 7.05 Å². The van der Waals surface area contributed by atoms with Crippen molar-refractivity contribution in [3.63, 3.8) is 0 Å². The average Bonchev–Trinajstić information content (AvgIpc) is 2.93. The van der Waals surface area contributed by atoms with Crippen molar-refractivity contribution < 1.29 is 18.7 Å². The van der Waals surface area contributed by atoms with Crippen molar-refractivity contribution in [1.29, 1.82) is 0 Å². The fourth-order valence-electron chi connectivity index (χ4n) is 4.81. The number of halogens is 2. The number of nitrogens with zero attached hydrogens (tertiary/aromatic N) is 2. The Morgan fingerprint density at radius 3 is 2.73 bits per heavy atom. The largest absolute Gasteiger partial charge is 0.490 e. The van der Waals surface area contributed by atoms with Crippen molar-refractivity contribution in [2.45, 2.75) is 30.9 Å². The molecule has 1 amide bonds. The number of benzene rings is 2. The number of carbonyl (C=O) groups excluding carboxylic acids is 2. The lowest BCUT2D eigenvalue weighted by Crippen LogP contribution is -2.54. The van der Waals surface area contributed by atoms with Gasteiger partial charge in [-0.25, -0.2) is 9.38 Å². The van der Waals surface area contributed by atoms with Crippen LogP contribution in [0.15, 0.2) is 41.4 Å². The summed E-state index contributed by atoms with van der Waals surface area (Å²) in [6.07, 6.45) is 0.821. The molecule has 1 fully saturated rings. The van der Waals surface area contributed by atoms with Gasteiger partial charge in [0, 0.05) is 36.4 Å². The first-order valence-corrected chi connectivity index (χ1v) is 10.1. The van der Waals surface area contributed by atoms with Crippen LogP contribution in [0.25, 0.3) is 11.1 Å². The molecular weight excluding hydrogens is 409 g/mol. The molecule has 0 bridgehead atoms. The normalized spacial score (nSPS) is 27.6. The van der Waals surface area contributed by atoms with Crippen LogP contribution in [-0.2, 0) is 15.1 Å². The minimum absolute atomic E-state index is 0.0758. The van der Waals surface area contributed by atoms with Crippen molar-refractivity contribution >= 4 is 29.3 Å². The monoisotopic (exact) mass is 427 g/mol. The Hall–Kier alpha value is -2.93. The highest BCUT2D eigenvalue weighted by Crippen LogP contribution is 2.53. The number of aliphatic imine (C=N–C) groups is 1. The molecule has 2 aromatic rings. The van der Waals surface area contributed by atoms with Gasteiger partial charge in [-0.05, 0) is 47.9 Å². The van der Waals surface area contributed by atoms with Crippen LogP contribution in [0.3, 0.4) is 0 Å². The third-order valence-corrected chi connectivity index (χ3v) is 6.49. The molecule has 2 aliphatic heterocycles. The maximum atomic E-state index is 13.9. The first-order chi connectivity index (χ1) is 14.3. The van der Waals surface area contributed by atoms with E-state index in [1.54, 1.807) is 31.3 Å². The van der Waals surface area contributed by atoms with E-state index in [1.165, 1.54) is 17.0 Å². The van der Waals surface area contributed by atoms with Crippen LogP contribution >= 0.6 is 11.6 Å². The third kappa shape index (κ3) is 2.65. The van der Waals surface area contributed by atoms with Gasteiger partial charge >= 0.3 is 0 Å². The zero-order chi connectivity index (χ0) is 21.2. The molecule has 3 atom stereocenters. The number of ether oxygens (including phenoxy) is 1. The van der Waals surface area contributed by atoms with Gasteiger partial charge in [0.15, 0.2) is 11.5 Å². The van der Waals surface area contributed by atoms with Crippen LogP contribution in [0, 0.1) is 11.7 Å². The lowest BCUT2D eigenvalue weighted by Gasteiger charge is -2.45. The van der Waals surface area contributed by atoms with Gasteiger partial charge in [0.25, 0.3) is 5.91 Å². The number of fused-ring (bicyclic) bond motifs is 4. The Kier molecular flexibility index (Phi) is 4.15. The molecule has 2 heterocycles. The number of nitrogens with two attached hydrogens (primary N) is 1. The van der Waals surface area contributed by atoms with E-state index in [4.69, 9.17) is 22.1 Å². The van der Waals surface area contributed by atoms with E-state index in [2.05, 4.69) is 4.99 Å². The molecule has 30 heavy (non-hydrogen) atoms. The molecule has 1 unspecified atom stereocenters. The Bertz CT molecular complexity index is 1110. The van der Waals surface area contributed by atoms with E-state index in [-0.39, 0.29) is 35.2 Å². The van der Waals surface area contributed by atoms with Crippen molar-refractivity contribution in [3.05, 3.63) is 52.8 Å². The highest BCUT2D eigenvalue weighted by molar-refractivity contribution is 6.30. The third-order valence-electron chi connectivity index (χ3n) is 6.27. The highest BCUT2D eigenvalue weighted by Gasteiger charge is 2.61. The molecule has 0 saturated heterocycles. The van der Waals surface area contributed by atoms with Gasteiger partial charge in [-0.3, -0.25) is 14.5 Å². The maximum Gasteiger partial charge on any atom is 0.262 e. The fraction of sp³-hybridized carbons (Fsp3) is 0.318. The van der Waals surface area contributed by atoms with Crippen LogP contribution in [-0.4, -0.2) is 35.7 Å². The average molecular weight is 428 g/mol. The smallest absolute Gasteiger partial charge is 0.262 e. The van der Waals surface area contributed by atoms with Crippen LogP contribution < -0.4 is 10.5 Å². The minimum atomic E-state index is -1.33. The number of hydrogen-bond donors (Lipinski definition) is 1. The summed E-state index contributed by atoms with van der Waals surface area (Å²) in [4.78, 5) is 31.7. The minimum Gasteiger partial charge on any atom is -0.490 e. The van der Waals surface area contributed by atoms with Gasteiger partial charge in [0.05, 0.1) is 0 Å². The first-order valence-electron chi connectivity index (χ1n) is 9.72. The van der Waals surface area contributed by atoms with Crippen LogP contribution in [0.2, 0.25) is 5.02 Å². The lowest BCUT2D eigenvalue weighted by molar-refractivity contribution is -0.139. The number of likely N-dealkylation sites (N-methyl/N-ethyl adjacent to an activating group) is 1. The van der Waals surface area contributed by atoms with Gasteiger partial charge < -0.3 is 10.5 Å². The summed E-state index contributed by atoms with van der Waals surface area (Å²) in [6.45, 7) is 0. The van der Waals surface area contributed by atoms with Crippen LogP contribution in [0.4, 0.5) is 4.39 Å². The Morgan fingerprint density at radius 1 is 1.23 bits per heavy atom. The summed E-state index contributed by atoms with van der Waals surface area (Å²) in [6, 6.07) is 9.57. The molecule has 2 aromatic carbocycles. The number of guanidine groups is 1. The van der Waals surface area contributed by atoms with Gasteiger partial charge in [-0.1, -0.05) is 17.7 Å². The van der Waals surface area contributed by atoms with Crippen LogP contribution in [0.5, 0.6) is 5.75 Å². The number of hydrogen-bond acceptors (Lipinski definition) is 5. The molecule has 154 valence electrons. The summed E-state index contributed by atoms with van der Waals surface area (Å²) >= 11 is 6.03. The zero-order valence-electron chi connectivity index (χ0n) is 16.2. The SMILES string of the molecule is CN1C(=O)C2(N=C1N)c1cc(-c3cc(F)cc(Cl)c3)ccc1O[C@H]1CCC(=O)C[C@@H]12. The fourth-order valence-corrected chi connectivity index (χ4v) is 5.04. The molecule has 0 aromatic heterocycles. The molecule has 0 radical (unpaired) electrons. The second kappa shape index (κ2) is 6.54. The molecular formula is C22H19ClFN3O3. The maximum absolute atomic E-state index is 13.9. The topological polar surface area (TPSA) is 85.0 Å². The van der Waals surface area contributed by atoms with E-state index < -0.39 is 17.3 Å². The van der Waals surface area contributed by atoms with E-state index in [1.807, 2.05) is 0 Å². The molecule has 1 spiro atoms. The Balaban J connectivity index is 1.73.